The second kappa shape index (κ2) is 6.58. The van der Waals surface area contributed by atoms with E-state index in [9.17, 15) is 4.79 Å². The lowest BCUT2D eigenvalue weighted by atomic mass is 10.2. The van der Waals surface area contributed by atoms with Gasteiger partial charge in [-0.25, -0.2) is 0 Å². The fourth-order valence-corrected chi connectivity index (χ4v) is 2.58. The minimum Gasteiger partial charge on any atom is -0.430 e. The van der Waals surface area contributed by atoms with Crippen LogP contribution in [-0.2, 0) is 0 Å². The lowest BCUT2D eigenvalue weighted by Crippen LogP contribution is -2.21. The number of carbonyl (C=O) groups is 1. The normalized spacial score (nSPS) is 10.3. The van der Waals surface area contributed by atoms with Gasteiger partial charge in [-0.2, -0.15) is 9.36 Å². The van der Waals surface area contributed by atoms with E-state index >= 15 is 0 Å². The molecule has 23 heavy (non-hydrogen) atoms. The quantitative estimate of drug-likeness (QED) is 0.734. The summed E-state index contributed by atoms with van der Waals surface area (Å²) in [6.45, 7) is 0. The minimum atomic E-state index is -0.0716. The van der Waals surface area contributed by atoms with Gasteiger partial charge in [0, 0.05) is 36.8 Å². The molecule has 0 saturated carbocycles. The number of nitrogens with zero attached hydrogens (tertiary/aromatic N) is 3. The number of hydrogen-bond acceptors (Lipinski definition) is 5. The first-order valence-electron chi connectivity index (χ1n) is 7.02. The number of carbonyl (C=O) groups excluding carboxylic acids is 1. The van der Waals surface area contributed by atoms with Gasteiger partial charge >= 0.3 is 0 Å². The summed E-state index contributed by atoms with van der Waals surface area (Å²) in [5.74, 6) is 1.12. The van der Waals surface area contributed by atoms with Gasteiger partial charge in [0.2, 0.25) is 0 Å². The van der Waals surface area contributed by atoms with Crippen molar-refractivity contribution in [2.24, 2.45) is 0 Å². The van der Waals surface area contributed by atoms with Crippen LogP contribution in [0.4, 0.5) is 0 Å². The Morgan fingerprint density at radius 1 is 1.09 bits per heavy atom. The Kier molecular flexibility index (Phi) is 4.34. The molecule has 0 radical (unpaired) electrons. The molecule has 0 spiro atoms. The largest absolute Gasteiger partial charge is 0.430 e. The summed E-state index contributed by atoms with van der Waals surface area (Å²) in [5, 5.41) is 0.443. The molecule has 5 nitrogen and oxygen atoms in total. The van der Waals surface area contributed by atoms with Gasteiger partial charge < -0.3 is 9.64 Å². The average Bonchev–Trinajstić information content (AvgIpc) is 3.03. The second-order valence-electron chi connectivity index (χ2n) is 5.08. The minimum absolute atomic E-state index is 0.0716. The van der Waals surface area contributed by atoms with E-state index in [-0.39, 0.29) is 5.91 Å². The molecule has 3 rings (SSSR count). The third-order valence-corrected chi connectivity index (χ3v) is 3.73. The summed E-state index contributed by atoms with van der Waals surface area (Å²) in [5.41, 5.74) is 1.51. The predicted octanol–water partition coefficient (Wildman–Crippen LogP) is 3.70. The van der Waals surface area contributed by atoms with Crippen LogP contribution >= 0.6 is 11.5 Å². The van der Waals surface area contributed by atoms with Gasteiger partial charge in [0.05, 0.1) is 0 Å². The highest BCUT2D eigenvalue weighted by molar-refractivity contribution is 7.07. The van der Waals surface area contributed by atoms with Gasteiger partial charge in [0.1, 0.15) is 5.75 Å². The van der Waals surface area contributed by atoms with Gasteiger partial charge in [-0.15, -0.1) is 0 Å². The smallest absolute Gasteiger partial charge is 0.299 e. The van der Waals surface area contributed by atoms with Crippen molar-refractivity contribution >= 4 is 17.4 Å². The molecule has 0 unspecified atom stereocenters. The molecule has 0 fully saturated rings. The fraction of sp³-hybridized carbons (Fsp3) is 0.118. The summed E-state index contributed by atoms with van der Waals surface area (Å²) in [4.78, 5) is 17.9. The van der Waals surface area contributed by atoms with Crippen LogP contribution < -0.4 is 4.74 Å². The SMILES string of the molecule is CN(C)C(=O)c1cccc(Oc2nc(-c3ccccc3)ns2)c1. The monoisotopic (exact) mass is 325 g/mol. The van der Waals surface area contributed by atoms with E-state index in [0.29, 0.717) is 22.3 Å². The maximum absolute atomic E-state index is 12.0. The van der Waals surface area contributed by atoms with Crippen molar-refractivity contribution < 1.29 is 9.53 Å². The Hall–Kier alpha value is -2.73. The number of hydrogen-bond donors (Lipinski definition) is 0. The van der Waals surface area contributed by atoms with Crippen LogP contribution in [0.2, 0.25) is 0 Å². The molecule has 0 aliphatic carbocycles. The van der Waals surface area contributed by atoms with Crippen LogP contribution in [0.5, 0.6) is 10.9 Å². The third kappa shape index (κ3) is 3.54. The lowest BCUT2D eigenvalue weighted by Gasteiger charge is -2.10. The lowest BCUT2D eigenvalue weighted by molar-refractivity contribution is 0.0827. The zero-order valence-corrected chi connectivity index (χ0v) is 13.6. The highest BCUT2D eigenvalue weighted by atomic mass is 32.1. The van der Waals surface area contributed by atoms with Crippen LogP contribution in [-0.4, -0.2) is 34.3 Å². The van der Waals surface area contributed by atoms with Crippen molar-refractivity contribution in [2.75, 3.05) is 14.1 Å². The standard InChI is InChI=1S/C17H15N3O2S/c1-20(2)16(21)13-9-6-10-14(11-13)22-17-18-15(19-23-17)12-7-4-3-5-8-12/h3-11H,1-2H3. The first kappa shape index (κ1) is 15.2. The number of rotatable bonds is 4. The Morgan fingerprint density at radius 3 is 2.61 bits per heavy atom. The van der Waals surface area contributed by atoms with E-state index in [2.05, 4.69) is 9.36 Å². The van der Waals surface area contributed by atoms with Gasteiger partial charge in [0.25, 0.3) is 11.1 Å². The van der Waals surface area contributed by atoms with E-state index in [1.165, 1.54) is 16.4 Å². The topological polar surface area (TPSA) is 55.3 Å². The van der Waals surface area contributed by atoms with Gasteiger partial charge in [-0.1, -0.05) is 36.4 Å². The van der Waals surface area contributed by atoms with E-state index in [0.717, 1.165) is 5.56 Å². The molecule has 1 amide bonds. The van der Waals surface area contributed by atoms with Gasteiger partial charge in [-0.3, -0.25) is 4.79 Å². The van der Waals surface area contributed by atoms with Gasteiger partial charge in [0.15, 0.2) is 5.82 Å². The molecule has 0 bridgehead atoms. The Morgan fingerprint density at radius 2 is 1.87 bits per heavy atom. The van der Waals surface area contributed by atoms with Crippen molar-refractivity contribution in [3.05, 3.63) is 60.2 Å². The molecular formula is C17H15N3O2S. The zero-order chi connectivity index (χ0) is 16.2. The summed E-state index contributed by atoms with van der Waals surface area (Å²) in [7, 11) is 3.43. The molecule has 2 aromatic carbocycles. The highest BCUT2D eigenvalue weighted by Gasteiger charge is 2.11. The zero-order valence-electron chi connectivity index (χ0n) is 12.8. The van der Waals surface area contributed by atoms with Crippen LogP contribution in [0.25, 0.3) is 11.4 Å². The maximum atomic E-state index is 12.0. The molecule has 0 N–H and O–H groups in total. The third-order valence-electron chi connectivity index (χ3n) is 3.13. The van der Waals surface area contributed by atoms with Crippen molar-refractivity contribution in [1.82, 2.24) is 14.3 Å². The molecule has 0 saturated heterocycles. The Bertz CT molecular complexity index is 815. The maximum Gasteiger partial charge on any atom is 0.299 e. The van der Waals surface area contributed by atoms with Crippen molar-refractivity contribution in [2.45, 2.75) is 0 Å². The van der Waals surface area contributed by atoms with Crippen LogP contribution in [0.1, 0.15) is 10.4 Å². The molecule has 3 aromatic rings. The fourth-order valence-electron chi connectivity index (χ4n) is 2.01. The number of amides is 1. The first-order chi connectivity index (χ1) is 11.1. The first-order valence-corrected chi connectivity index (χ1v) is 7.79. The summed E-state index contributed by atoms with van der Waals surface area (Å²) >= 11 is 1.18. The highest BCUT2D eigenvalue weighted by Crippen LogP contribution is 2.27. The molecule has 116 valence electrons. The predicted molar refractivity (Wildman–Crippen MR) is 89.9 cm³/mol. The van der Waals surface area contributed by atoms with Crippen molar-refractivity contribution in [3.8, 4) is 22.3 Å². The van der Waals surface area contributed by atoms with E-state index < -0.39 is 0 Å². The average molecular weight is 325 g/mol. The second-order valence-corrected chi connectivity index (χ2v) is 5.79. The number of aromatic nitrogens is 2. The molecule has 6 heteroatoms. The Labute approximate surface area is 138 Å². The molecule has 0 atom stereocenters. The van der Waals surface area contributed by atoms with E-state index in [1.807, 2.05) is 30.3 Å². The van der Waals surface area contributed by atoms with Crippen LogP contribution in [0.15, 0.2) is 54.6 Å². The molecular weight excluding hydrogens is 310 g/mol. The summed E-state index contributed by atoms with van der Waals surface area (Å²) < 4.78 is 10.0. The van der Waals surface area contributed by atoms with Crippen LogP contribution in [0.3, 0.4) is 0 Å². The van der Waals surface area contributed by atoms with Crippen molar-refractivity contribution in [1.29, 1.82) is 0 Å². The van der Waals surface area contributed by atoms with E-state index in [4.69, 9.17) is 4.74 Å². The Balaban J connectivity index is 1.79. The van der Waals surface area contributed by atoms with E-state index in [1.54, 1.807) is 38.4 Å². The number of ether oxygens (including phenoxy) is 1. The molecule has 1 heterocycles. The van der Waals surface area contributed by atoms with Crippen molar-refractivity contribution in [3.63, 3.8) is 0 Å². The summed E-state index contributed by atoms with van der Waals surface area (Å²) in [6.07, 6.45) is 0. The summed E-state index contributed by atoms with van der Waals surface area (Å²) in [6, 6.07) is 16.7. The molecule has 0 aliphatic rings. The number of benzene rings is 2. The molecule has 1 aromatic heterocycles. The molecule has 0 aliphatic heterocycles. The van der Waals surface area contributed by atoms with Crippen LogP contribution in [0, 0.1) is 0 Å². The van der Waals surface area contributed by atoms with Gasteiger partial charge in [-0.05, 0) is 18.2 Å².